The topological polar surface area (TPSA) is 60.4 Å². The lowest BCUT2D eigenvalue weighted by molar-refractivity contribution is -0.104. The number of rotatable bonds is 3. The number of aldehydes is 1. The van der Waals surface area contributed by atoms with E-state index in [9.17, 15) is 14.4 Å². The second-order valence-electron chi connectivity index (χ2n) is 2.35. The number of hydrogen-bond donors (Lipinski definition) is 0. The van der Waals surface area contributed by atoms with Gasteiger partial charge in [0.15, 0.2) is 6.29 Å². The summed E-state index contributed by atoms with van der Waals surface area (Å²) in [7, 11) is 0. The largest absolute Gasteiger partial charge is 0.414 e. The number of ketones is 1. The van der Waals surface area contributed by atoms with Crippen LogP contribution in [0.25, 0.3) is 0 Å². The molecule has 14 heavy (non-hydrogen) atoms. The van der Waals surface area contributed by atoms with E-state index in [1.165, 1.54) is 24.3 Å². The van der Waals surface area contributed by atoms with E-state index >= 15 is 0 Å². The zero-order valence-corrected chi connectivity index (χ0v) is 7.65. The SMILES string of the molecule is O=CC(=O)c1cccc(OC(=O)Cl)c1. The first-order chi connectivity index (χ1) is 6.63. The molecule has 1 aromatic carbocycles. The summed E-state index contributed by atoms with van der Waals surface area (Å²) in [6.45, 7) is 0. The molecule has 1 rings (SSSR count). The number of benzene rings is 1. The number of hydrogen-bond acceptors (Lipinski definition) is 4. The molecular weight excluding hydrogens is 208 g/mol. The Morgan fingerprint density at radius 2 is 2.07 bits per heavy atom. The average molecular weight is 213 g/mol. The van der Waals surface area contributed by atoms with E-state index < -0.39 is 11.2 Å². The number of ether oxygens (including phenoxy) is 1. The third-order valence-corrected chi connectivity index (χ3v) is 1.50. The van der Waals surface area contributed by atoms with Crippen LogP contribution in [-0.4, -0.2) is 17.5 Å². The predicted molar refractivity (Wildman–Crippen MR) is 48.7 cm³/mol. The van der Waals surface area contributed by atoms with E-state index in [1.54, 1.807) is 0 Å². The smallest absolute Gasteiger partial charge is 0.409 e. The van der Waals surface area contributed by atoms with Crippen molar-refractivity contribution in [1.82, 2.24) is 0 Å². The summed E-state index contributed by atoms with van der Waals surface area (Å²) in [5, 5.41) is 0. The molecule has 0 aliphatic rings. The summed E-state index contributed by atoms with van der Waals surface area (Å²) in [4.78, 5) is 31.4. The molecular formula is C9H5ClO4. The van der Waals surface area contributed by atoms with Crippen LogP contribution in [0.4, 0.5) is 4.79 Å². The first-order valence-electron chi connectivity index (χ1n) is 3.60. The number of halogens is 1. The summed E-state index contributed by atoms with van der Waals surface area (Å²) in [5.41, 5.74) is -0.851. The van der Waals surface area contributed by atoms with Gasteiger partial charge >= 0.3 is 5.43 Å². The number of Topliss-reactive ketones (excluding diaryl/α,β-unsaturated/α-hetero) is 1. The van der Waals surface area contributed by atoms with E-state index in [0.717, 1.165) is 0 Å². The van der Waals surface area contributed by atoms with Gasteiger partial charge in [-0.2, -0.15) is 0 Å². The van der Waals surface area contributed by atoms with Crippen molar-refractivity contribution in [2.24, 2.45) is 0 Å². The monoisotopic (exact) mass is 212 g/mol. The van der Waals surface area contributed by atoms with Gasteiger partial charge in [-0.05, 0) is 12.1 Å². The molecule has 0 bridgehead atoms. The molecule has 0 atom stereocenters. The van der Waals surface area contributed by atoms with Crippen molar-refractivity contribution in [2.75, 3.05) is 0 Å². The first-order valence-corrected chi connectivity index (χ1v) is 3.98. The van der Waals surface area contributed by atoms with Gasteiger partial charge in [0.05, 0.1) is 0 Å². The molecule has 72 valence electrons. The highest BCUT2D eigenvalue weighted by molar-refractivity contribution is 6.61. The molecule has 1 aromatic rings. The Kier molecular flexibility index (Phi) is 3.36. The third kappa shape index (κ3) is 2.67. The maximum atomic E-state index is 10.9. The van der Waals surface area contributed by atoms with Crippen molar-refractivity contribution >= 4 is 29.1 Å². The van der Waals surface area contributed by atoms with Crippen molar-refractivity contribution < 1.29 is 19.1 Å². The predicted octanol–water partition coefficient (Wildman–Crippen LogP) is 1.81. The number of carbonyl (C=O) groups is 3. The zero-order chi connectivity index (χ0) is 10.6. The molecule has 0 radical (unpaired) electrons. The van der Waals surface area contributed by atoms with Gasteiger partial charge in [0.25, 0.3) is 0 Å². The molecule has 0 aliphatic carbocycles. The average Bonchev–Trinajstić information content (AvgIpc) is 2.16. The van der Waals surface area contributed by atoms with Crippen LogP contribution in [0.5, 0.6) is 5.75 Å². The maximum Gasteiger partial charge on any atom is 0.409 e. The van der Waals surface area contributed by atoms with Crippen molar-refractivity contribution in [1.29, 1.82) is 0 Å². The molecule has 0 aromatic heterocycles. The Morgan fingerprint density at radius 3 is 2.64 bits per heavy atom. The minimum absolute atomic E-state index is 0.123. The van der Waals surface area contributed by atoms with Crippen LogP contribution >= 0.6 is 11.6 Å². The van der Waals surface area contributed by atoms with Gasteiger partial charge in [-0.1, -0.05) is 12.1 Å². The molecule has 4 nitrogen and oxygen atoms in total. The van der Waals surface area contributed by atoms with Crippen LogP contribution in [0.2, 0.25) is 0 Å². The molecule has 0 unspecified atom stereocenters. The highest BCUT2D eigenvalue weighted by atomic mass is 35.5. The van der Waals surface area contributed by atoms with Crippen LogP contribution < -0.4 is 4.74 Å². The summed E-state index contributed by atoms with van der Waals surface area (Å²) < 4.78 is 4.51. The minimum Gasteiger partial charge on any atom is -0.414 e. The Bertz CT molecular complexity index is 386. The van der Waals surface area contributed by atoms with Crippen LogP contribution in [-0.2, 0) is 4.79 Å². The fourth-order valence-electron chi connectivity index (χ4n) is 0.874. The van der Waals surface area contributed by atoms with Crippen LogP contribution in [0.15, 0.2) is 24.3 Å². The minimum atomic E-state index is -0.999. The molecule has 0 spiro atoms. The zero-order valence-electron chi connectivity index (χ0n) is 6.90. The lowest BCUT2D eigenvalue weighted by atomic mass is 10.1. The molecule has 0 heterocycles. The summed E-state index contributed by atoms with van der Waals surface area (Å²) in [6, 6.07) is 5.62. The van der Waals surface area contributed by atoms with Gasteiger partial charge in [-0.3, -0.25) is 9.59 Å². The van der Waals surface area contributed by atoms with Gasteiger partial charge in [0.1, 0.15) is 5.75 Å². The molecule has 0 N–H and O–H groups in total. The fourth-order valence-corrected chi connectivity index (χ4v) is 0.963. The molecule has 0 fully saturated rings. The molecule has 5 heteroatoms. The molecule has 0 amide bonds. The number of carbonyl (C=O) groups excluding carboxylic acids is 3. The van der Waals surface area contributed by atoms with Crippen LogP contribution in [0.1, 0.15) is 10.4 Å². The Hall–Kier alpha value is -1.68. The lowest BCUT2D eigenvalue weighted by Crippen LogP contribution is -2.01. The standard InChI is InChI=1S/C9H5ClO4/c10-9(13)14-7-3-1-2-6(4-7)8(12)5-11/h1-5H. The molecule has 0 aliphatic heterocycles. The summed E-state index contributed by atoms with van der Waals surface area (Å²) in [5.74, 6) is -0.560. The lowest BCUT2D eigenvalue weighted by Gasteiger charge is -2.00. The first kappa shape index (κ1) is 10.4. The van der Waals surface area contributed by atoms with E-state index in [1.807, 2.05) is 0 Å². The van der Waals surface area contributed by atoms with Gasteiger partial charge in [0.2, 0.25) is 5.78 Å². The van der Waals surface area contributed by atoms with Crippen molar-refractivity contribution in [3.8, 4) is 5.75 Å². The Morgan fingerprint density at radius 1 is 1.36 bits per heavy atom. The van der Waals surface area contributed by atoms with E-state index in [0.29, 0.717) is 0 Å². The van der Waals surface area contributed by atoms with Gasteiger partial charge in [-0.25, -0.2) is 4.79 Å². The fraction of sp³-hybridized carbons (Fsp3) is 0. The Balaban J connectivity index is 2.94. The highest BCUT2D eigenvalue weighted by Gasteiger charge is 2.06. The molecule has 0 saturated carbocycles. The highest BCUT2D eigenvalue weighted by Crippen LogP contribution is 2.14. The van der Waals surface area contributed by atoms with E-state index in [-0.39, 0.29) is 17.6 Å². The van der Waals surface area contributed by atoms with E-state index in [4.69, 9.17) is 11.6 Å². The second kappa shape index (κ2) is 4.53. The van der Waals surface area contributed by atoms with E-state index in [2.05, 4.69) is 4.74 Å². The maximum absolute atomic E-state index is 10.9. The molecule has 0 saturated heterocycles. The van der Waals surface area contributed by atoms with Gasteiger partial charge < -0.3 is 4.74 Å². The van der Waals surface area contributed by atoms with Gasteiger partial charge in [0, 0.05) is 17.2 Å². The third-order valence-electron chi connectivity index (χ3n) is 1.42. The summed E-state index contributed by atoms with van der Waals surface area (Å²) >= 11 is 4.96. The van der Waals surface area contributed by atoms with Crippen molar-refractivity contribution in [3.63, 3.8) is 0 Å². The second-order valence-corrected chi connectivity index (χ2v) is 2.66. The van der Waals surface area contributed by atoms with Crippen LogP contribution in [0, 0.1) is 0 Å². The quantitative estimate of drug-likeness (QED) is 0.332. The van der Waals surface area contributed by atoms with Gasteiger partial charge in [-0.15, -0.1) is 0 Å². The summed E-state index contributed by atoms with van der Waals surface area (Å²) in [6.07, 6.45) is 0.182. The normalized spacial score (nSPS) is 9.21. The Labute approximate surface area is 84.4 Å². The van der Waals surface area contributed by atoms with Crippen LogP contribution in [0.3, 0.4) is 0 Å². The van der Waals surface area contributed by atoms with Crippen molar-refractivity contribution in [2.45, 2.75) is 0 Å². The van der Waals surface area contributed by atoms with Crippen molar-refractivity contribution in [3.05, 3.63) is 29.8 Å².